The number of thiocarbonyl (C=S) groups is 4. The van der Waals surface area contributed by atoms with Gasteiger partial charge in [-0.15, -0.1) is 0 Å². The third-order valence-corrected chi connectivity index (χ3v) is 9.84. The molecule has 0 saturated carbocycles. The molecule has 4 aliphatic rings. The number of rotatable bonds is 8. The number of hydrogen-bond acceptors (Lipinski definition) is 4. The van der Waals surface area contributed by atoms with Gasteiger partial charge < -0.3 is 39.2 Å². The van der Waals surface area contributed by atoms with Crippen LogP contribution in [0.2, 0.25) is 0 Å². The first-order valence-electron chi connectivity index (χ1n) is 15.3. The number of hydrogen-bond donors (Lipinski definition) is 0. The maximum absolute atomic E-state index is 5.21. The molecule has 0 radical (unpaired) electrons. The Hall–Kier alpha value is -0.552. The van der Waals surface area contributed by atoms with Gasteiger partial charge in [0.05, 0.1) is 0 Å². The summed E-state index contributed by atoms with van der Waals surface area (Å²) in [5, 5.41) is 4.13. The SMILES string of the molecule is CCN1CCN(CC)C1=S.CCN1CCN(CC)C1=S.CCN1CCN(CC)C1=S.CCN1CCN(CC)C1=S.[Pt]. The van der Waals surface area contributed by atoms with Crippen LogP contribution in [0.4, 0.5) is 0 Å². The summed E-state index contributed by atoms with van der Waals surface area (Å²) in [6.07, 6.45) is 0. The van der Waals surface area contributed by atoms with Crippen LogP contribution in [0, 0.1) is 0 Å². The van der Waals surface area contributed by atoms with E-state index in [4.69, 9.17) is 48.9 Å². The summed E-state index contributed by atoms with van der Waals surface area (Å²) in [5.74, 6) is 0. The Kier molecular flexibility index (Phi) is 21.7. The van der Waals surface area contributed by atoms with Crippen LogP contribution in [0.5, 0.6) is 0 Å². The van der Waals surface area contributed by atoms with Crippen LogP contribution in [-0.2, 0) is 21.1 Å². The minimum Gasteiger partial charge on any atom is -0.348 e. The first-order valence-corrected chi connectivity index (χ1v) is 17.0. The minimum absolute atomic E-state index is 0. The maximum Gasteiger partial charge on any atom is 0.171 e. The van der Waals surface area contributed by atoms with E-state index in [1.807, 2.05) is 0 Å². The Morgan fingerprint density at radius 3 is 0.463 bits per heavy atom. The second-order valence-corrected chi connectivity index (χ2v) is 11.2. The van der Waals surface area contributed by atoms with E-state index in [1.54, 1.807) is 0 Å². The molecule has 4 fully saturated rings. The van der Waals surface area contributed by atoms with E-state index in [2.05, 4.69) is 94.6 Å². The monoisotopic (exact) mass is 827 g/mol. The Balaban J connectivity index is 0.000000516. The van der Waals surface area contributed by atoms with Gasteiger partial charge in [-0.1, -0.05) is 0 Å². The molecule has 0 amide bonds. The molecule has 0 atom stereocenters. The summed E-state index contributed by atoms with van der Waals surface area (Å²) in [4.78, 5) is 17.9. The topological polar surface area (TPSA) is 25.9 Å². The van der Waals surface area contributed by atoms with Gasteiger partial charge >= 0.3 is 0 Å². The van der Waals surface area contributed by atoms with Gasteiger partial charge in [0.15, 0.2) is 20.4 Å². The summed E-state index contributed by atoms with van der Waals surface area (Å²) < 4.78 is 0. The average molecular weight is 828 g/mol. The molecule has 41 heavy (non-hydrogen) atoms. The van der Waals surface area contributed by atoms with Crippen molar-refractivity contribution < 1.29 is 21.1 Å². The van der Waals surface area contributed by atoms with Crippen molar-refractivity contribution in [2.24, 2.45) is 0 Å². The van der Waals surface area contributed by atoms with E-state index in [9.17, 15) is 0 Å². The van der Waals surface area contributed by atoms with Crippen molar-refractivity contribution in [3.63, 3.8) is 0 Å². The van der Waals surface area contributed by atoms with Crippen molar-refractivity contribution in [3.05, 3.63) is 0 Å². The molecule has 4 aliphatic heterocycles. The minimum atomic E-state index is 0. The fraction of sp³-hybridized carbons (Fsp3) is 0.857. The standard InChI is InChI=1S/4C7H14N2S.Pt/c4*1-3-8-5-6-9(4-2)7(8)10;/h4*3-6H2,1-2H3;. The summed E-state index contributed by atoms with van der Waals surface area (Å²) in [6, 6.07) is 0. The second-order valence-electron chi connectivity index (χ2n) is 9.77. The van der Waals surface area contributed by atoms with Crippen molar-refractivity contribution in [1.29, 1.82) is 0 Å². The zero-order chi connectivity index (χ0) is 30.2. The van der Waals surface area contributed by atoms with Crippen LogP contribution < -0.4 is 0 Å². The first-order chi connectivity index (χ1) is 19.2. The molecular weight excluding hydrogens is 772 g/mol. The van der Waals surface area contributed by atoms with Gasteiger partial charge in [-0.2, -0.15) is 0 Å². The van der Waals surface area contributed by atoms with Crippen molar-refractivity contribution in [1.82, 2.24) is 39.2 Å². The molecule has 0 unspecified atom stereocenters. The van der Waals surface area contributed by atoms with E-state index in [1.165, 1.54) is 0 Å². The van der Waals surface area contributed by atoms with Gasteiger partial charge in [0, 0.05) is 126 Å². The Labute approximate surface area is 287 Å². The second kappa shape index (κ2) is 22.0. The van der Waals surface area contributed by atoms with Crippen LogP contribution in [0.15, 0.2) is 0 Å². The van der Waals surface area contributed by atoms with Crippen LogP contribution in [0.25, 0.3) is 0 Å². The molecule has 0 spiro atoms. The molecule has 0 aromatic heterocycles. The van der Waals surface area contributed by atoms with Crippen molar-refractivity contribution in [3.8, 4) is 0 Å². The quantitative estimate of drug-likeness (QED) is 0.335. The Bertz CT molecular complexity index is 621. The first kappa shape index (κ1) is 40.4. The van der Waals surface area contributed by atoms with Crippen LogP contribution in [0.1, 0.15) is 55.4 Å². The summed E-state index contributed by atoms with van der Waals surface area (Å²) in [6.45, 7) is 34.5. The summed E-state index contributed by atoms with van der Waals surface area (Å²) >= 11 is 20.8. The third-order valence-electron chi connectivity index (χ3n) is 7.78. The van der Waals surface area contributed by atoms with Crippen LogP contribution in [0.3, 0.4) is 0 Å². The van der Waals surface area contributed by atoms with Gasteiger partial charge in [-0.05, 0) is 104 Å². The molecule has 8 nitrogen and oxygen atoms in total. The molecule has 0 N–H and O–H groups in total. The maximum atomic E-state index is 5.21. The van der Waals surface area contributed by atoms with E-state index in [-0.39, 0.29) is 21.1 Å². The molecule has 0 aromatic carbocycles. The molecule has 4 heterocycles. The molecule has 0 bridgehead atoms. The van der Waals surface area contributed by atoms with E-state index < -0.39 is 0 Å². The molecule has 0 aromatic rings. The fourth-order valence-electron chi connectivity index (χ4n) is 4.88. The summed E-state index contributed by atoms with van der Waals surface area (Å²) in [7, 11) is 0. The van der Waals surface area contributed by atoms with Crippen molar-refractivity contribution in [2.75, 3.05) is 105 Å². The van der Waals surface area contributed by atoms with Crippen molar-refractivity contribution >= 4 is 69.3 Å². The van der Waals surface area contributed by atoms with Gasteiger partial charge in [0.1, 0.15) is 0 Å². The fourth-order valence-corrected chi connectivity index (χ4v) is 6.64. The largest absolute Gasteiger partial charge is 0.348 e. The number of likely N-dealkylation sites (N-methyl/N-ethyl adjacent to an activating group) is 8. The predicted octanol–water partition coefficient (Wildman–Crippen LogP) is 3.71. The zero-order valence-corrected chi connectivity index (χ0v) is 32.4. The molecule has 242 valence electrons. The predicted molar refractivity (Wildman–Crippen MR) is 188 cm³/mol. The summed E-state index contributed by atoms with van der Waals surface area (Å²) in [5.41, 5.74) is 0. The van der Waals surface area contributed by atoms with E-state index in [0.29, 0.717) is 0 Å². The normalized spacial score (nSPS) is 18.3. The third kappa shape index (κ3) is 12.2. The van der Waals surface area contributed by atoms with E-state index >= 15 is 0 Å². The Morgan fingerprint density at radius 2 is 0.415 bits per heavy atom. The van der Waals surface area contributed by atoms with Crippen molar-refractivity contribution in [2.45, 2.75) is 55.4 Å². The smallest absolute Gasteiger partial charge is 0.171 e. The number of nitrogens with zero attached hydrogens (tertiary/aromatic N) is 8. The molecule has 13 heteroatoms. The molecule has 4 saturated heterocycles. The van der Waals surface area contributed by atoms with Gasteiger partial charge in [0.2, 0.25) is 0 Å². The average Bonchev–Trinajstić information content (AvgIpc) is 3.74. The Morgan fingerprint density at radius 1 is 0.317 bits per heavy atom. The van der Waals surface area contributed by atoms with Gasteiger partial charge in [-0.3, -0.25) is 0 Å². The van der Waals surface area contributed by atoms with Gasteiger partial charge in [-0.25, -0.2) is 0 Å². The molecule has 0 aliphatic carbocycles. The molecular formula is C28H56N8PtS4. The van der Waals surface area contributed by atoms with Crippen LogP contribution >= 0.6 is 48.9 Å². The molecule has 4 rings (SSSR count). The van der Waals surface area contributed by atoms with E-state index in [0.717, 1.165) is 125 Å². The van der Waals surface area contributed by atoms with Gasteiger partial charge in [0.25, 0.3) is 0 Å². The zero-order valence-electron chi connectivity index (χ0n) is 26.8. The van der Waals surface area contributed by atoms with Crippen LogP contribution in [-0.4, -0.2) is 164 Å².